The summed E-state index contributed by atoms with van der Waals surface area (Å²) in [6.07, 6.45) is 0.820. The molecule has 3 amide bonds. The quantitative estimate of drug-likeness (QED) is 0.673. The molecule has 3 N–H and O–H groups in total. The fourth-order valence-electron chi connectivity index (χ4n) is 1.29. The average Bonchev–Trinajstić information content (AvgIpc) is 2.49. The van der Waals surface area contributed by atoms with Gasteiger partial charge in [-0.15, -0.1) is 0 Å². The summed E-state index contributed by atoms with van der Waals surface area (Å²) < 4.78 is 10.3. The molecule has 0 aromatic heterocycles. The molecule has 0 saturated heterocycles. The highest BCUT2D eigenvalue weighted by Gasteiger charge is 2.05. The molecule has 1 aromatic carbocycles. The Balaban J connectivity index is 2.27. The van der Waals surface area contributed by atoms with Crippen molar-refractivity contribution in [2.75, 3.05) is 20.3 Å². The molecule has 1 aromatic rings. The number of ether oxygens (including phenoxy) is 2. The minimum atomic E-state index is -0.459. The number of amides is 3. The number of hydrogen-bond donors (Lipinski definition) is 3. The molecule has 7 heteroatoms. The van der Waals surface area contributed by atoms with Crippen molar-refractivity contribution in [3.05, 3.63) is 24.3 Å². The summed E-state index contributed by atoms with van der Waals surface area (Å²) in [6.45, 7) is 2.27. The molecule has 0 radical (unpaired) electrons. The number of nitrogens with one attached hydrogen (secondary N) is 3. The first-order valence-electron chi connectivity index (χ1n) is 6.25. The second-order valence-corrected chi connectivity index (χ2v) is 3.90. The first-order valence-corrected chi connectivity index (χ1v) is 6.25. The zero-order valence-corrected chi connectivity index (χ0v) is 11.6. The van der Waals surface area contributed by atoms with Crippen molar-refractivity contribution in [3.8, 4) is 11.5 Å². The number of carbonyl (C=O) groups excluding carboxylic acids is 2. The number of hydrogen-bond acceptors (Lipinski definition) is 4. The number of rotatable bonds is 6. The van der Waals surface area contributed by atoms with Gasteiger partial charge in [0.15, 0.2) is 6.61 Å². The van der Waals surface area contributed by atoms with Gasteiger partial charge in [-0.3, -0.25) is 10.2 Å². The summed E-state index contributed by atoms with van der Waals surface area (Å²) in [5, 5.41) is 2.55. The molecule has 1 rings (SSSR count). The Morgan fingerprint density at radius 3 is 2.65 bits per heavy atom. The van der Waals surface area contributed by atoms with Crippen LogP contribution in [0.3, 0.4) is 0 Å². The molecule has 0 atom stereocenters. The van der Waals surface area contributed by atoms with Crippen molar-refractivity contribution in [1.29, 1.82) is 0 Å². The summed E-state index contributed by atoms with van der Waals surface area (Å²) in [7, 11) is 1.55. The van der Waals surface area contributed by atoms with Crippen LogP contribution in [0.5, 0.6) is 11.5 Å². The maximum absolute atomic E-state index is 11.4. The van der Waals surface area contributed by atoms with Crippen molar-refractivity contribution in [1.82, 2.24) is 16.2 Å². The number of hydrazine groups is 1. The molecule has 0 heterocycles. The predicted molar refractivity (Wildman–Crippen MR) is 73.5 cm³/mol. The van der Waals surface area contributed by atoms with E-state index in [1.165, 1.54) is 0 Å². The van der Waals surface area contributed by atoms with E-state index in [4.69, 9.17) is 9.47 Å². The summed E-state index contributed by atoms with van der Waals surface area (Å²) >= 11 is 0. The minimum absolute atomic E-state index is 0.207. The van der Waals surface area contributed by atoms with Gasteiger partial charge in [0.25, 0.3) is 5.91 Å². The van der Waals surface area contributed by atoms with Crippen LogP contribution in [0.2, 0.25) is 0 Å². The lowest BCUT2D eigenvalue weighted by Crippen LogP contribution is -2.48. The second-order valence-electron chi connectivity index (χ2n) is 3.90. The largest absolute Gasteiger partial charge is 0.497 e. The Morgan fingerprint density at radius 1 is 1.20 bits per heavy atom. The fraction of sp³-hybridized carbons (Fsp3) is 0.385. The second kappa shape index (κ2) is 8.63. The molecule has 0 bridgehead atoms. The van der Waals surface area contributed by atoms with Gasteiger partial charge in [0, 0.05) is 12.6 Å². The first-order chi connectivity index (χ1) is 9.65. The van der Waals surface area contributed by atoms with E-state index in [0.717, 1.165) is 6.42 Å². The SMILES string of the molecule is CCCNC(=O)NNC(=O)COc1cccc(OC)c1. The third kappa shape index (κ3) is 5.94. The van der Waals surface area contributed by atoms with Gasteiger partial charge in [-0.05, 0) is 18.6 Å². The Kier molecular flexibility index (Phi) is 6.74. The molecule has 0 spiro atoms. The van der Waals surface area contributed by atoms with E-state index in [9.17, 15) is 9.59 Å². The lowest BCUT2D eigenvalue weighted by Gasteiger charge is -2.10. The lowest BCUT2D eigenvalue weighted by atomic mass is 10.3. The standard InChI is InChI=1S/C13H19N3O4/c1-3-7-14-13(18)16-15-12(17)9-20-11-6-4-5-10(8-11)19-2/h4-6,8H,3,7,9H2,1-2H3,(H,15,17)(H2,14,16,18). The molecular formula is C13H19N3O4. The molecule has 0 aliphatic rings. The third-order valence-electron chi connectivity index (χ3n) is 2.26. The number of urea groups is 1. The van der Waals surface area contributed by atoms with Gasteiger partial charge < -0.3 is 14.8 Å². The van der Waals surface area contributed by atoms with Gasteiger partial charge >= 0.3 is 6.03 Å². The van der Waals surface area contributed by atoms with Crippen LogP contribution in [-0.2, 0) is 4.79 Å². The molecule has 20 heavy (non-hydrogen) atoms. The average molecular weight is 281 g/mol. The predicted octanol–water partition coefficient (Wildman–Crippen LogP) is 0.814. The maximum Gasteiger partial charge on any atom is 0.333 e. The van der Waals surface area contributed by atoms with Crippen LogP contribution in [0.4, 0.5) is 4.79 Å². The topological polar surface area (TPSA) is 88.7 Å². The normalized spacial score (nSPS) is 9.50. The van der Waals surface area contributed by atoms with Crippen LogP contribution in [0, 0.1) is 0 Å². The van der Waals surface area contributed by atoms with E-state index in [2.05, 4.69) is 16.2 Å². The Bertz CT molecular complexity index is 451. The molecule has 0 unspecified atom stereocenters. The highest BCUT2D eigenvalue weighted by molar-refractivity contribution is 5.81. The summed E-state index contributed by atoms with van der Waals surface area (Å²) in [5.74, 6) is 0.689. The van der Waals surface area contributed by atoms with Gasteiger partial charge in [-0.2, -0.15) is 0 Å². The lowest BCUT2D eigenvalue weighted by molar-refractivity contribution is -0.123. The van der Waals surface area contributed by atoms with Gasteiger partial charge in [0.2, 0.25) is 0 Å². The zero-order valence-electron chi connectivity index (χ0n) is 11.6. The van der Waals surface area contributed by atoms with Crippen molar-refractivity contribution in [2.45, 2.75) is 13.3 Å². The molecule has 0 aliphatic heterocycles. The van der Waals surface area contributed by atoms with E-state index < -0.39 is 11.9 Å². The smallest absolute Gasteiger partial charge is 0.333 e. The molecule has 7 nitrogen and oxygen atoms in total. The van der Waals surface area contributed by atoms with Gasteiger partial charge in [0.1, 0.15) is 11.5 Å². The molecule has 110 valence electrons. The van der Waals surface area contributed by atoms with Crippen molar-refractivity contribution in [2.24, 2.45) is 0 Å². The first kappa shape index (κ1) is 15.6. The Morgan fingerprint density at radius 2 is 1.95 bits per heavy atom. The summed E-state index contributed by atoms with van der Waals surface area (Å²) in [4.78, 5) is 22.6. The molecular weight excluding hydrogens is 262 g/mol. The Hall–Kier alpha value is -2.44. The fourth-order valence-corrected chi connectivity index (χ4v) is 1.29. The van der Waals surface area contributed by atoms with E-state index in [1.807, 2.05) is 6.92 Å². The van der Waals surface area contributed by atoms with Crippen molar-refractivity contribution in [3.63, 3.8) is 0 Å². The minimum Gasteiger partial charge on any atom is -0.497 e. The van der Waals surface area contributed by atoms with Gasteiger partial charge in [0.05, 0.1) is 7.11 Å². The van der Waals surface area contributed by atoms with E-state index in [-0.39, 0.29) is 6.61 Å². The number of methoxy groups -OCH3 is 1. The van der Waals surface area contributed by atoms with Crippen LogP contribution in [0.25, 0.3) is 0 Å². The molecule has 0 fully saturated rings. The highest BCUT2D eigenvalue weighted by Crippen LogP contribution is 2.18. The highest BCUT2D eigenvalue weighted by atomic mass is 16.5. The third-order valence-corrected chi connectivity index (χ3v) is 2.26. The number of carbonyl (C=O) groups is 2. The van der Waals surface area contributed by atoms with Crippen molar-refractivity contribution < 1.29 is 19.1 Å². The molecule has 0 saturated carbocycles. The monoisotopic (exact) mass is 281 g/mol. The van der Waals surface area contributed by atoms with Gasteiger partial charge in [-0.1, -0.05) is 13.0 Å². The van der Waals surface area contributed by atoms with Crippen LogP contribution >= 0.6 is 0 Å². The number of benzene rings is 1. The van der Waals surface area contributed by atoms with Crippen molar-refractivity contribution >= 4 is 11.9 Å². The van der Waals surface area contributed by atoms with E-state index in [1.54, 1.807) is 31.4 Å². The van der Waals surface area contributed by atoms with E-state index >= 15 is 0 Å². The van der Waals surface area contributed by atoms with Crippen LogP contribution in [-0.4, -0.2) is 32.2 Å². The maximum atomic E-state index is 11.4. The summed E-state index contributed by atoms with van der Waals surface area (Å²) in [5.41, 5.74) is 4.45. The van der Waals surface area contributed by atoms with Crippen LogP contribution < -0.4 is 25.6 Å². The Labute approximate surface area is 117 Å². The van der Waals surface area contributed by atoms with E-state index in [0.29, 0.717) is 18.0 Å². The van der Waals surface area contributed by atoms with Gasteiger partial charge in [-0.25, -0.2) is 10.2 Å². The summed E-state index contributed by atoms with van der Waals surface area (Å²) in [6, 6.07) is 6.43. The molecule has 0 aliphatic carbocycles. The zero-order chi connectivity index (χ0) is 14.8. The van der Waals surface area contributed by atoms with Crippen LogP contribution in [0.15, 0.2) is 24.3 Å². The van der Waals surface area contributed by atoms with Crippen LogP contribution in [0.1, 0.15) is 13.3 Å².